The first-order valence-corrected chi connectivity index (χ1v) is 12.3. The number of benzene rings is 3. The molecule has 1 aliphatic rings. The number of methoxy groups -OCH3 is 1. The average Bonchev–Trinajstić information content (AvgIpc) is 3.19. The van der Waals surface area contributed by atoms with E-state index in [-0.39, 0.29) is 42.5 Å². The largest absolute Gasteiger partial charge is 0.573 e. The average molecular weight is 557 g/mol. The lowest BCUT2D eigenvalue weighted by molar-refractivity contribution is -0.274. The summed E-state index contributed by atoms with van der Waals surface area (Å²) >= 11 is 0. The van der Waals surface area contributed by atoms with Crippen molar-refractivity contribution in [3.8, 4) is 11.5 Å². The highest BCUT2D eigenvalue weighted by Crippen LogP contribution is 2.33. The Balaban J connectivity index is 1.44. The Kier molecular flexibility index (Phi) is 7.14. The third-order valence-corrected chi connectivity index (χ3v) is 6.90. The van der Waals surface area contributed by atoms with E-state index in [9.17, 15) is 32.3 Å². The predicted octanol–water partition coefficient (Wildman–Crippen LogP) is 5.56. The van der Waals surface area contributed by atoms with Gasteiger partial charge in [0.2, 0.25) is 5.91 Å². The quantitative estimate of drug-likeness (QED) is 0.302. The van der Waals surface area contributed by atoms with E-state index in [1.165, 1.54) is 49.6 Å². The van der Waals surface area contributed by atoms with Crippen molar-refractivity contribution >= 4 is 22.8 Å². The van der Waals surface area contributed by atoms with Gasteiger partial charge >= 0.3 is 12.3 Å². The molecule has 0 fully saturated rings. The maximum Gasteiger partial charge on any atom is 0.573 e. The highest BCUT2D eigenvalue weighted by Gasteiger charge is 2.31. The number of carboxylic acids is 1. The predicted molar refractivity (Wildman–Crippen MR) is 137 cm³/mol. The molecule has 208 valence electrons. The Bertz CT molecular complexity index is 1610. The van der Waals surface area contributed by atoms with Crippen LogP contribution in [0.25, 0.3) is 10.9 Å². The van der Waals surface area contributed by atoms with Gasteiger partial charge < -0.3 is 24.0 Å². The molecule has 0 saturated carbocycles. The molecule has 1 amide bonds. The Morgan fingerprint density at radius 2 is 1.82 bits per heavy atom. The molecule has 0 aliphatic carbocycles. The Hall–Kier alpha value is -4.54. The van der Waals surface area contributed by atoms with Gasteiger partial charge in [-0.25, -0.2) is 9.18 Å². The van der Waals surface area contributed by atoms with Gasteiger partial charge in [0.05, 0.1) is 20.1 Å². The number of aromatic nitrogens is 1. The van der Waals surface area contributed by atoms with Gasteiger partial charge in [-0.05, 0) is 65.6 Å². The summed E-state index contributed by atoms with van der Waals surface area (Å²) in [4.78, 5) is 26.3. The van der Waals surface area contributed by atoms with Crippen molar-refractivity contribution in [1.29, 1.82) is 0 Å². The van der Waals surface area contributed by atoms with Gasteiger partial charge in [-0.3, -0.25) is 4.79 Å². The molecular weight excluding hydrogens is 532 g/mol. The van der Waals surface area contributed by atoms with Crippen molar-refractivity contribution in [3.05, 3.63) is 94.4 Å². The molecule has 1 aliphatic heterocycles. The highest BCUT2D eigenvalue weighted by molar-refractivity contribution is 5.91. The van der Waals surface area contributed by atoms with E-state index in [2.05, 4.69) is 4.74 Å². The number of hydrogen-bond donors (Lipinski definition) is 1. The number of carbonyl (C=O) groups excluding carboxylic acids is 1. The summed E-state index contributed by atoms with van der Waals surface area (Å²) in [6, 6.07) is 14.5. The lowest BCUT2D eigenvalue weighted by atomic mass is 10.0. The van der Waals surface area contributed by atoms with Crippen LogP contribution < -0.4 is 9.47 Å². The topological polar surface area (TPSA) is 81.0 Å². The van der Waals surface area contributed by atoms with Gasteiger partial charge in [0.15, 0.2) is 0 Å². The van der Waals surface area contributed by atoms with E-state index in [0.29, 0.717) is 35.0 Å². The summed E-state index contributed by atoms with van der Waals surface area (Å²) in [6.45, 7) is 0.788. The fourth-order valence-electron chi connectivity index (χ4n) is 5.14. The summed E-state index contributed by atoms with van der Waals surface area (Å²) in [5.41, 5.74) is 3.47. The molecular formula is C29H24F4N2O5. The van der Waals surface area contributed by atoms with Crippen molar-refractivity contribution in [3.63, 3.8) is 0 Å². The maximum absolute atomic E-state index is 14.2. The number of fused-ring (bicyclic) bond motifs is 3. The zero-order chi connectivity index (χ0) is 28.6. The van der Waals surface area contributed by atoms with E-state index in [4.69, 9.17) is 4.74 Å². The number of nitrogens with zero attached hydrogens (tertiary/aromatic N) is 2. The van der Waals surface area contributed by atoms with Gasteiger partial charge in [0.1, 0.15) is 22.9 Å². The molecule has 11 heteroatoms. The lowest BCUT2D eigenvalue weighted by Gasteiger charge is -2.29. The molecule has 3 aromatic carbocycles. The maximum atomic E-state index is 14.2. The van der Waals surface area contributed by atoms with Crippen molar-refractivity contribution in [2.24, 2.45) is 0 Å². The van der Waals surface area contributed by atoms with Gasteiger partial charge in [-0.15, -0.1) is 13.2 Å². The minimum atomic E-state index is -4.83. The van der Waals surface area contributed by atoms with E-state index in [1.54, 1.807) is 23.1 Å². The van der Waals surface area contributed by atoms with Crippen molar-refractivity contribution in [2.75, 3.05) is 13.7 Å². The van der Waals surface area contributed by atoms with Gasteiger partial charge in [0, 0.05) is 29.7 Å². The van der Waals surface area contributed by atoms with E-state index < -0.39 is 18.1 Å². The number of halogens is 4. The Morgan fingerprint density at radius 1 is 1.02 bits per heavy atom. The number of amides is 1. The molecule has 0 radical (unpaired) electrons. The van der Waals surface area contributed by atoms with Crippen molar-refractivity contribution in [1.82, 2.24) is 9.47 Å². The Labute approximate surface area is 226 Å². The summed E-state index contributed by atoms with van der Waals surface area (Å²) in [7, 11) is 1.35. The fourth-order valence-corrected chi connectivity index (χ4v) is 5.14. The summed E-state index contributed by atoms with van der Waals surface area (Å²) in [5, 5.41) is 10.00. The summed E-state index contributed by atoms with van der Waals surface area (Å²) in [5.74, 6) is -1.94. The van der Waals surface area contributed by atoms with Gasteiger partial charge in [-0.2, -0.15) is 0 Å². The molecule has 40 heavy (non-hydrogen) atoms. The van der Waals surface area contributed by atoms with Crippen molar-refractivity contribution in [2.45, 2.75) is 32.3 Å². The van der Waals surface area contributed by atoms with Crippen LogP contribution in [-0.2, 0) is 30.7 Å². The first kappa shape index (κ1) is 27.0. The first-order chi connectivity index (χ1) is 19.0. The van der Waals surface area contributed by atoms with Crippen LogP contribution in [-0.4, -0.2) is 46.5 Å². The standard InChI is InChI=1S/C29H24F4N2O5/c1-39-26-12-17(5-7-22(26)28(37)38)13-27(36)34-10-9-21-23-14-19(30)6-8-24(23)35(25(21)16-34)15-18-3-2-4-20(11-18)40-29(31,32)33/h2-8,11-12,14H,9-10,13,15-16H2,1H3,(H,37,38). The van der Waals surface area contributed by atoms with E-state index in [1.807, 2.05) is 4.57 Å². The molecule has 1 N–H and O–H groups in total. The van der Waals surface area contributed by atoms with Gasteiger partial charge in [0.25, 0.3) is 0 Å². The highest BCUT2D eigenvalue weighted by atomic mass is 19.4. The van der Waals surface area contributed by atoms with Crippen LogP contribution in [0, 0.1) is 5.82 Å². The SMILES string of the molecule is COc1cc(CC(=O)N2CCc3c(n(Cc4cccc(OC(F)(F)F)c4)c4ccc(F)cc34)C2)ccc1C(=O)O. The second kappa shape index (κ2) is 10.6. The minimum absolute atomic E-state index is 0.0112. The van der Waals surface area contributed by atoms with Crippen LogP contribution in [0.4, 0.5) is 17.6 Å². The van der Waals surface area contributed by atoms with Crippen LogP contribution >= 0.6 is 0 Å². The zero-order valence-electron chi connectivity index (χ0n) is 21.3. The molecule has 0 unspecified atom stereocenters. The molecule has 0 bridgehead atoms. The number of aromatic carboxylic acids is 1. The monoisotopic (exact) mass is 556 g/mol. The third kappa shape index (κ3) is 5.58. The summed E-state index contributed by atoms with van der Waals surface area (Å²) in [6.07, 6.45) is -4.35. The number of hydrogen-bond acceptors (Lipinski definition) is 4. The number of ether oxygens (including phenoxy) is 2. The molecule has 4 aromatic rings. The molecule has 5 rings (SSSR count). The van der Waals surface area contributed by atoms with Crippen LogP contribution in [0.1, 0.15) is 32.7 Å². The number of rotatable bonds is 7. The van der Waals surface area contributed by atoms with Crippen LogP contribution in [0.15, 0.2) is 60.7 Å². The lowest BCUT2D eigenvalue weighted by Crippen LogP contribution is -2.37. The fraction of sp³-hybridized carbons (Fsp3) is 0.241. The molecule has 0 saturated heterocycles. The first-order valence-electron chi connectivity index (χ1n) is 12.3. The van der Waals surface area contributed by atoms with Crippen LogP contribution in [0.5, 0.6) is 11.5 Å². The Morgan fingerprint density at radius 3 is 2.55 bits per heavy atom. The number of carboxylic acid groups (broad SMARTS) is 1. The zero-order valence-corrected chi connectivity index (χ0v) is 21.3. The third-order valence-electron chi connectivity index (χ3n) is 6.90. The minimum Gasteiger partial charge on any atom is -0.496 e. The summed E-state index contributed by atoms with van der Waals surface area (Å²) < 4.78 is 63.6. The molecule has 1 aromatic heterocycles. The number of carbonyl (C=O) groups is 2. The smallest absolute Gasteiger partial charge is 0.496 e. The van der Waals surface area contributed by atoms with Crippen molar-refractivity contribution < 1.29 is 41.7 Å². The molecule has 0 spiro atoms. The van der Waals surface area contributed by atoms with Crippen LogP contribution in [0.2, 0.25) is 0 Å². The van der Waals surface area contributed by atoms with Crippen LogP contribution in [0.3, 0.4) is 0 Å². The molecule has 7 nitrogen and oxygen atoms in total. The van der Waals surface area contributed by atoms with E-state index in [0.717, 1.165) is 11.3 Å². The normalized spacial score (nSPS) is 13.3. The van der Waals surface area contributed by atoms with Gasteiger partial charge in [-0.1, -0.05) is 18.2 Å². The molecule has 0 atom stereocenters. The second-order valence-corrected chi connectivity index (χ2v) is 9.45. The van der Waals surface area contributed by atoms with E-state index >= 15 is 0 Å². The molecule has 2 heterocycles. The number of alkyl halides is 3. The second-order valence-electron chi connectivity index (χ2n) is 9.45.